The third kappa shape index (κ3) is 4.10. The zero-order valence-corrected chi connectivity index (χ0v) is 12.2. The van der Waals surface area contributed by atoms with Crippen LogP contribution in [0, 0.1) is 0 Å². The number of nitrogens with two attached hydrogens (primary N) is 1. The first-order valence-electron chi connectivity index (χ1n) is 5.23. The zero-order chi connectivity index (χ0) is 14.6. The van der Waals surface area contributed by atoms with Gasteiger partial charge >= 0.3 is 0 Å². The summed E-state index contributed by atoms with van der Waals surface area (Å²) in [4.78, 5) is -0.207. The quantitative estimate of drug-likeness (QED) is 0.750. The van der Waals surface area contributed by atoms with Crippen molar-refractivity contribution in [1.29, 1.82) is 0 Å². The van der Waals surface area contributed by atoms with Crippen molar-refractivity contribution in [2.45, 2.75) is 11.3 Å². The number of halogens is 3. The molecule has 1 rings (SSSR count). The zero-order valence-electron chi connectivity index (χ0n) is 9.76. The van der Waals surface area contributed by atoms with Crippen LogP contribution in [0.5, 0.6) is 0 Å². The van der Waals surface area contributed by atoms with Gasteiger partial charge in [0.15, 0.2) is 0 Å². The fourth-order valence-corrected chi connectivity index (χ4v) is 3.80. The highest BCUT2D eigenvalue weighted by Gasteiger charge is 2.28. The minimum Gasteiger partial charge on any atom is -0.399 e. The summed E-state index contributed by atoms with van der Waals surface area (Å²) in [6.45, 7) is -1.94. The molecule has 9 heteroatoms. The van der Waals surface area contributed by atoms with Gasteiger partial charge in [-0.2, -0.15) is 4.31 Å². The molecule has 0 aliphatic carbocycles. The Labute approximate surface area is 118 Å². The molecule has 0 amide bonds. The number of benzene rings is 1. The molecule has 0 heterocycles. The summed E-state index contributed by atoms with van der Waals surface area (Å²) >= 11 is 3.04. The van der Waals surface area contributed by atoms with E-state index in [9.17, 15) is 17.2 Å². The smallest absolute Gasteiger partial charge is 0.252 e. The van der Waals surface area contributed by atoms with Crippen LogP contribution in [-0.2, 0) is 10.0 Å². The van der Waals surface area contributed by atoms with Gasteiger partial charge in [-0.1, -0.05) is 0 Å². The number of aliphatic hydroxyl groups excluding tert-OH is 1. The van der Waals surface area contributed by atoms with E-state index < -0.39 is 36.1 Å². The number of nitrogens with zero attached hydrogens (tertiary/aromatic N) is 1. The van der Waals surface area contributed by atoms with E-state index in [2.05, 4.69) is 15.9 Å². The van der Waals surface area contributed by atoms with Crippen LogP contribution in [0.2, 0.25) is 0 Å². The number of hydrogen-bond donors (Lipinski definition) is 2. The van der Waals surface area contributed by atoms with Gasteiger partial charge in [-0.3, -0.25) is 0 Å². The third-order valence-corrected chi connectivity index (χ3v) is 5.12. The molecule has 1 aromatic rings. The predicted octanol–water partition coefficient (Wildman–Crippen LogP) is 1.28. The lowest BCUT2D eigenvalue weighted by atomic mass is 10.3. The van der Waals surface area contributed by atoms with E-state index in [1.165, 1.54) is 18.2 Å². The Morgan fingerprint density at radius 2 is 2.05 bits per heavy atom. The minimum atomic E-state index is -4.14. The van der Waals surface area contributed by atoms with E-state index in [0.717, 1.165) is 0 Å². The van der Waals surface area contributed by atoms with Gasteiger partial charge in [0, 0.05) is 16.7 Å². The normalized spacial score (nSPS) is 12.3. The summed E-state index contributed by atoms with van der Waals surface area (Å²) in [7, 11) is -4.14. The highest BCUT2D eigenvalue weighted by Crippen LogP contribution is 2.27. The lowest BCUT2D eigenvalue weighted by Gasteiger charge is -2.21. The Kier molecular flexibility index (Phi) is 5.65. The van der Waals surface area contributed by atoms with Gasteiger partial charge in [0.05, 0.1) is 18.0 Å². The molecule has 19 heavy (non-hydrogen) atoms. The molecule has 0 aliphatic rings. The molecule has 108 valence electrons. The Morgan fingerprint density at radius 3 is 2.58 bits per heavy atom. The van der Waals surface area contributed by atoms with Crippen LogP contribution in [0.1, 0.15) is 0 Å². The van der Waals surface area contributed by atoms with Crippen LogP contribution in [0.25, 0.3) is 0 Å². The average molecular weight is 359 g/mol. The molecule has 0 unspecified atom stereocenters. The Morgan fingerprint density at radius 1 is 1.42 bits per heavy atom. The van der Waals surface area contributed by atoms with Crippen molar-refractivity contribution in [3.05, 3.63) is 22.7 Å². The van der Waals surface area contributed by atoms with Crippen LogP contribution in [0.3, 0.4) is 0 Å². The van der Waals surface area contributed by atoms with Gasteiger partial charge in [-0.25, -0.2) is 17.2 Å². The van der Waals surface area contributed by atoms with Crippen molar-refractivity contribution in [3.63, 3.8) is 0 Å². The second kappa shape index (κ2) is 6.60. The summed E-state index contributed by atoms with van der Waals surface area (Å²) in [6.07, 6.45) is -2.83. The molecule has 0 aromatic heterocycles. The van der Waals surface area contributed by atoms with Gasteiger partial charge in [-0.05, 0) is 34.1 Å². The van der Waals surface area contributed by atoms with Crippen LogP contribution in [0.4, 0.5) is 14.5 Å². The summed E-state index contributed by atoms with van der Waals surface area (Å²) in [5.74, 6) is 0. The highest BCUT2D eigenvalue weighted by atomic mass is 79.9. The Hall–Kier alpha value is -0.770. The number of rotatable bonds is 6. The van der Waals surface area contributed by atoms with Gasteiger partial charge in [0.2, 0.25) is 10.0 Å². The standard InChI is InChI=1S/C10H13BrF2N2O3S/c11-8-2-1-7(14)5-9(8)19(17,18)15(3-4-16)6-10(12)13/h1-2,5,10,16H,3-4,6,14H2. The maximum Gasteiger partial charge on any atom is 0.252 e. The molecule has 0 saturated carbocycles. The molecule has 3 N–H and O–H groups in total. The predicted molar refractivity (Wildman–Crippen MR) is 70.4 cm³/mol. The largest absolute Gasteiger partial charge is 0.399 e. The summed E-state index contributed by atoms with van der Waals surface area (Å²) in [6, 6.07) is 4.07. The SMILES string of the molecule is Nc1ccc(Br)c(S(=O)(=O)N(CCO)CC(F)F)c1. The lowest BCUT2D eigenvalue weighted by molar-refractivity contribution is 0.113. The average Bonchev–Trinajstić information content (AvgIpc) is 2.31. The first-order valence-corrected chi connectivity index (χ1v) is 7.46. The summed E-state index contributed by atoms with van der Waals surface area (Å²) in [5.41, 5.74) is 5.70. The van der Waals surface area contributed by atoms with E-state index in [0.29, 0.717) is 4.31 Å². The minimum absolute atomic E-state index is 0.197. The van der Waals surface area contributed by atoms with Crippen molar-refractivity contribution >= 4 is 31.6 Å². The second-order valence-corrected chi connectivity index (χ2v) is 6.43. The number of aliphatic hydroxyl groups is 1. The van der Waals surface area contributed by atoms with Crippen molar-refractivity contribution in [1.82, 2.24) is 4.31 Å². The van der Waals surface area contributed by atoms with Crippen LogP contribution < -0.4 is 5.73 Å². The Balaban J connectivity index is 3.22. The fourth-order valence-electron chi connectivity index (χ4n) is 1.43. The molecule has 1 aromatic carbocycles. The maximum atomic E-state index is 12.4. The van der Waals surface area contributed by atoms with E-state index in [1.807, 2.05) is 0 Å². The van der Waals surface area contributed by atoms with Crippen LogP contribution in [0.15, 0.2) is 27.6 Å². The van der Waals surface area contributed by atoms with E-state index in [4.69, 9.17) is 10.8 Å². The van der Waals surface area contributed by atoms with E-state index in [-0.39, 0.29) is 15.1 Å². The monoisotopic (exact) mass is 358 g/mol. The fraction of sp³-hybridized carbons (Fsp3) is 0.400. The maximum absolute atomic E-state index is 12.4. The number of sulfonamides is 1. The van der Waals surface area contributed by atoms with Crippen LogP contribution >= 0.6 is 15.9 Å². The first kappa shape index (κ1) is 16.3. The van der Waals surface area contributed by atoms with Crippen LogP contribution in [-0.4, -0.2) is 44.0 Å². The molecule has 0 fully saturated rings. The third-order valence-electron chi connectivity index (χ3n) is 2.26. The van der Waals surface area contributed by atoms with Gasteiger partial charge in [0.1, 0.15) is 0 Å². The molecule has 0 aliphatic heterocycles. The highest BCUT2D eigenvalue weighted by molar-refractivity contribution is 9.10. The van der Waals surface area contributed by atoms with Gasteiger partial charge < -0.3 is 10.8 Å². The number of nitrogen functional groups attached to an aromatic ring is 1. The van der Waals surface area contributed by atoms with Gasteiger partial charge in [-0.15, -0.1) is 0 Å². The lowest BCUT2D eigenvalue weighted by Crippen LogP contribution is -2.37. The molecular weight excluding hydrogens is 346 g/mol. The molecule has 0 spiro atoms. The van der Waals surface area contributed by atoms with Crippen molar-refractivity contribution in [2.24, 2.45) is 0 Å². The molecular formula is C10H13BrF2N2O3S. The van der Waals surface area contributed by atoms with Crippen molar-refractivity contribution < 1.29 is 22.3 Å². The molecule has 0 bridgehead atoms. The number of hydrogen-bond acceptors (Lipinski definition) is 4. The molecule has 0 radical (unpaired) electrons. The number of alkyl halides is 2. The van der Waals surface area contributed by atoms with Crippen molar-refractivity contribution in [2.75, 3.05) is 25.4 Å². The Bertz CT molecular complexity index is 540. The van der Waals surface area contributed by atoms with Crippen molar-refractivity contribution in [3.8, 4) is 0 Å². The first-order chi connectivity index (χ1) is 8.78. The molecule has 5 nitrogen and oxygen atoms in total. The number of anilines is 1. The topological polar surface area (TPSA) is 83.6 Å². The van der Waals surface area contributed by atoms with E-state index >= 15 is 0 Å². The van der Waals surface area contributed by atoms with E-state index in [1.54, 1.807) is 0 Å². The summed E-state index contributed by atoms with van der Waals surface area (Å²) in [5, 5.41) is 8.80. The second-order valence-electron chi connectivity index (χ2n) is 3.67. The molecule has 0 saturated heterocycles. The summed E-state index contributed by atoms with van der Waals surface area (Å²) < 4.78 is 50.0. The molecule has 0 atom stereocenters. The van der Waals surface area contributed by atoms with Gasteiger partial charge in [0.25, 0.3) is 6.43 Å².